The van der Waals surface area contributed by atoms with Crippen LogP contribution in [-0.2, 0) is 17.1 Å². The molecule has 0 aliphatic heterocycles. The lowest BCUT2D eigenvalue weighted by atomic mass is 9.46. The molecule has 4 saturated carbocycles. The number of carbonyl (C=O) groups excluding carboxylic acids is 1. The Hall–Kier alpha value is -2.58. The predicted molar refractivity (Wildman–Crippen MR) is 123 cm³/mol. The zero-order valence-electron chi connectivity index (χ0n) is 18.0. The highest BCUT2D eigenvalue weighted by atomic mass is 35.5. The van der Waals surface area contributed by atoms with Gasteiger partial charge in [-0.3, -0.25) is 4.79 Å². The first kappa shape index (κ1) is 21.0. The van der Waals surface area contributed by atoms with Crippen LogP contribution in [0.2, 0.25) is 10.3 Å². The molecule has 0 saturated heterocycles. The molecule has 3 aromatic rings. The number of nitrogens with zero attached hydrogens (tertiary/aromatic N) is 5. The minimum Gasteiger partial charge on any atom is -0.471 e. The molecule has 2 unspecified atom stereocenters. The third-order valence-electron chi connectivity index (χ3n) is 7.51. The molecule has 4 aliphatic rings. The van der Waals surface area contributed by atoms with Gasteiger partial charge < -0.3 is 10.1 Å². The summed E-state index contributed by atoms with van der Waals surface area (Å²) < 4.78 is 9.31. The summed E-state index contributed by atoms with van der Waals surface area (Å²) in [5, 5.41) is 12.8. The van der Waals surface area contributed by atoms with Gasteiger partial charge in [0.1, 0.15) is 12.1 Å². The fourth-order valence-corrected chi connectivity index (χ4v) is 6.98. The highest BCUT2D eigenvalue weighted by molar-refractivity contribution is 6.30. The summed E-state index contributed by atoms with van der Waals surface area (Å²) in [6, 6.07) is 7.21. The molecule has 7 rings (SSSR count). The van der Waals surface area contributed by atoms with Crippen molar-refractivity contribution >= 4 is 34.8 Å². The number of carbonyl (C=O) groups is 1. The lowest BCUT2D eigenvalue weighted by molar-refractivity contribution is -0.150. The first-order chi connectivity index (χ1) is 15.9. The number of halogens is 2. The molecule has 1 amide bonds. The quantitative estimate of drug-likeness (QED) is 0.542. The largest absolute Gasteiger partial charge is 0.471 e. The van der Waals surface area contributed by atoms with Gasteiger partial charge in [-0.15, -0.1) is 5.10 Å². The molecule has 4 aliphatic carbocycles. The Kier molecular flexibility index (Phi) is 4.92. The van der Waals surface area contributed by atoms with E-state index in [1.807, 2.05) is 16.8 Å². The molecule has 4 bridgehead atoms. The van der Waals surface area contributed by atoms with Crippen LogP contribution < -0.4 is 10.1 Å². The molecule has 2 atom stereocenters. The van der Waals surface area contributed by atoms with Gasteiger partial charge in [-0.25, -0.2) is 14.3 Å². The molecular formula is C23H24Cl2N6O2. The van der Waals surface area contributed by atoms with Crippen molar-refractivity contribution in [2.45, 2.75) is 50.8 Å². The highest BCUT2D eigenvalue weighted by Crippen LogP contribution is 2.64. The third kappa shape index (κ3) is 3.79. The van der Waals surface area contributed by atoms with E-state index in [-0.39, 0.29) is 23.5 Å². The standard InChI is InChI=1S/C23H24Cl2N6O2/c24-17-2-1-3-19(5-17)33-14-30-11-18(10-27-30)28-20(32)22-6-15-4-16(7-22)9-23(8-15,12-22)31-13-26-21(25)29-31/h1-3,5,10-11,13,15-16H,4,6-9,12,14H2,(H,28,32). The minimum atomic E-state index is -0.401. The molecular weight excluding hydrogens is 463 g/mol. The Bertz CT molecular complexity index is 1190. The summed E-state index contributed by atoms with van der Waals surface area (Å²) >= 11 is 12.0. The number of ether oxygens (including phenoxy) is 1. The van der Waals surface area contributed by atoms with Gasteiger partial charge in [0.05, 0.1) is 29.0 Å². The molecule has 1 N–H and O–H groups in total. The zero-order chi connectivity index (χ0) is 22.6. The average Bonchev–Trinajstić information content (AvgIpc) is 3.41. The average molecular weight is 487 g/mol. The molecule has 10 heteroatoms. The first-order valence-electron chi connectivity index (χ1n) is 11.2. The first-order valence-corrected chi connectivity index (χ1v) is 12.0. The van der Waals surface area contributed by atoms with Crippen LogP contribution in [0, 0.1) is 17.3 Å². The second-order valence-corrected chi connectivity index (χ2v) is 10.7. The number of nitrogens with one attached hydrogen (secondary N) is 1. The Balaban J connectivity index is 1.17. The van der Waals surface area contributed by atoms with E-state index < -0.39 is 5.41 Å². The van der Waals surface area contributed by atoms with E-state index in [9.17, 15) is 4.79 Å². The number of benzene rings is 1. The molecule has 2 heterocycles. The van der Waals surface area contributed by atoms with E-state index in [4.69, 9.17) is 27.9 Å². The second kappa shape index (κ2) is 7.74. The van der Waals surface area contributed by atoms with Gasteiger partial charge in [0.2, 0.25) is 11.2 Å². The van der Waals surface area contributed by atoms with Crippen molar-refractivity contribution in [3.8, 4) is 5.75 Å². The van der Waals surface area contributed by atoms with Crippen LogP contribution in [0.4, 0.5) is 5.69 Å². The molecule has 0 spiro atoms. The topological polar surface area (TPSA) is 86.9 Å². The van der Waals surface area contributed by atoms with Crippen LogP contribution in [0.15, 0.2) is 43.0 Å². The van der Waals surface area contributed by atoms with Crippen molar-refractivity contribution in [1.82, 2.24) is 24.5 Å². The maximum absolute atomic E-state index is 13.6. The monoisotopic (exact) mass is 486 g/mol. The maximum atomic E-state index is 13.6. The number of hydrogen-bond donors (Lipinski definition) is 1. The van der Waals surface area contributed by atoms with Crippen LogP contribution in [0.1, 0.15) is 38.5 Å². The fourth-order valence-electron chi connectivity index (χ4n) is 6.68. The fraction of sp³-hybridized carbons (Fsp3) is 0.478. The smallest absolute Gasteiger partial charge is 0.242 e. The van der Waals surface area contributed by atoms with E-state index in [2.05, 4.69) is 20.5 Å². The van der Waals surface area contributed by atoms with Crippen molar-refractivity contribution < 1.29 is 9.53 Å². The van der Waals surface area contributed by atoms with Crippen molar-refractivity contribution in [2.24, 2.45) is 17.3 Å². The minimum absolute atomic E-state index is 0.0718. The summed E-state index contributed by atoms with van der Waals surface area (Å²) in [4.78, 5) is 17.7. The normalized spacial score (nSPS) is 29.9. The Labute approximate surface area is 201 Å². The molecule has 8 nitrogen and oxygen atoms in total. The van der Waals surface area contributed by atoms with E-state index in [0.29, 0.717) is 28.3 Å². The second-order valence-electron chi connectivity index (χ2n) is 9.88. The van der Waals surface area contributed by atoms with Gasteiger partial charge >= 0.3 is 0 Å². The summed E-state index contributed by atoms with van der Waals surface area (Å²) in [6.45, 7) is 0.224. The Morgan fingerprint density at radius 2 is 2.03 bits per heavy atom. The Morgan fingerprint density at radius 1 is 1.21 bits per heavy atom. The van der Waals surface area contributed by atoms with Gasteiger partial charge in [0.25, 0.3) is 0 Å². The van der Waals surface area contributed by atoms with Crippen LogP contribution >= 0.6 is 23.2 Å². The van der Waals surface area contributed by atoms with Crippen LogP contribution in [0.3, 0.4) is 0 Å². The Morgan fingerprint density at radius 3 is 2.76 bits per heavy atom. The van der Waals surface area contributed by atoms with E-state index in [0.717, 1.165) is 32.1 Å². The third-order valence-corrected chi connectivity index (χ3v) is 7.92. The van der Waals surface area contributed by atoms with Crippen molar-refractivity contribution in [1.29, 1.82) is 0 Å². The molecule has 2 aromatic heterocycles. The molecule has 4 fully saturated rings. The maximum Gasteiger partial charge on any atom is 0.242 e. The van der Waals surface area contributed by atoms with Crippen LogP contribution in [0.5, 0.6) is 5.75 Å². The SMILES string of the molecule is O=C(Nc1cnn(COc2cccc(Cl)c2)c1)C12CC3CC(C1)CC(n1cnc(Cl)n1)(C3)C2. The van der Waals surface area contributed by atoms with Gasteiger partial charge in [0, 0.05) is 5.02 Å². The molecule has 0 radical (unpaired) electrons. The van der Waals surface area contributed by atoms with Crippen molar-refractivity contribution in [2.75, 3.05) is 5.32 Å². The number of hydrogen-bond acceptors (Lipinski definition) is 5. The summed E-state index contributed by atoms with van der Waals surface area (Å²) in [7, 11) is 0. The number of rotatable bonds is 6. The molecule has 33 heavy (non-hydrogen) atoms. The van der Waals surface area contributed by atoms with Crippen molar-refractivity contribution in [3.05, 3.63) is 53.3 Å². The lowest BCUT2D eigenvalue weighted by Crippen LogP contribution is -2.60. The summed E-state index contributed by atoms with van der Waals surface area (Å²) in [6.07, 6.45) is 11.1. The van der Waals surface area contributed by atoms with E-state index in [1.54, 1.807) is 35.5 Å². The lowest BCUT2D eigenvalue weighted by Gasteiger charge is -2.60. The van der Waals surface area contributed by atoms with Gasteiger partial charge in [-0.05, 0) is 80.2 Å². The van der Waals surface area contributed by atoms with Crippen molar-refractivity contribution in [3.63, 3.8) is 0 Å². The molecule has 1 aromatic carbocycles. The van der Waals surface area contributed by atoms with Gasteiger partial charge in [-0.1, -0.05) is 17.7 Å². The summed E-state index contributed by atoms with van der Waals surface area (Å²) in [5.74, 6) is 1.78. The zero-order valence-corrected chi connectivity index (χ0v) is 19.5. The number of amides is 1. The number of anilines is 1. The van der Waals surface area contributed by atoms with Crippen LogP contribution in [0.25, 0.3) is 0 Å². The molecule has 172 valence electrons. The van der Waals surface area contributed by atoms with E-state index >= 15 is 0 Å². The van der Waals surface area contributed by atoms with E-state index in [1.165, 1.54) is 6.42 Å². The number of aromatic nitrogens is 5. The summed E-state index contributed by atoms with van der Waals surface area (Å²) in [5.41, 5.74) is 0.0987. The highest BCUT2D eigenvalue weighted by Gasteiger charge is 2.61. The van der Waals surface area contributed by atoms with Gasteiger partial charge in [-0.2, -0.15) is 5.10 Å². The predicted octanol–water partition coefficient (Wildman–Crippen LogP) is 4.75. The van der Waals surface area contributed by atoms with Crippen LogP contribution in [-0.4, -0.2) is 30.5 Å². The van der Waals surface area contributed by atoms with Gasteiger partial charge in [0.15, 0.2) is 6.73 Å².